The van der Waals surface area contributed by atoms with Gasteiger partial charge >= 0.3 is 0 Å². The second-order valence-corrected chi connectivity index (χ2v) is 19.9. The van der Waals surface area contributed by atoms with Gasteiger partial charge in [-0.1, -0.05) is 139 Å². The van der Waals surface area contributed by atoms with Crippen molar-refractivity contribution in [2.45, 2.75) is 79.4 Å². The van der Waals surface area contributed by atoms with Crippen molar-refractivity contribution in [1.29, 1.82) is 0 Å². The van der Waals surface area contributed by atoms with Gasteiger partial charge in [0.2, 0.25) is 0 Å². The number of nitrogens with zero attached hydrogens (tertiary/aromatic N) is 2. The fourth-order valence-electron chi connectivity index (χ4n) is 11.2. The third-order valence-electron chi connectivity index (χ3n) is 14.4. The van der Waals surface area contributed by atoms with Crippen molar-refractivity contribution in [2.24, 2.45) is 28.6 Å². The minimum Gasteiger partial charge on any atom is -0.383 e. The minimum absolute atomic E-state index is 0.155. The molecule has 0 amide bonds. The number of rotatable bonds is 11. The van der Waals surface area contributed by atoms with E-state index in [1.807, 2.05) is 24.0 Å². The van der Waals surface area contributed by atoms with E-state index >= 15 is 0 Å². The second kappa shape index (κ2) is 18.3. The lowest BCUT2D eigenvalue weighted by atomic mass is 9.68. The van der Waals surface area contributed by atoms with Crippen LogP contribution in [-0.2, 0) is 0 Å². The molecule has 2 aliphatic heterocycles. The van der Waals surface area contributed by atoms with Crippen LogP contribution in [0.25, 0.3) is 11.1 Å². The van der Waals surface area contributed by atoms with Gasteiger partial charge in [0.25, 0.3) is 0 Å². The molecule has 4 N–H and O–H groups in total. The Morgan fingerprint density at radius 2 is 1.75 bits per heavy atom. The molecule has 11 rings (SSSR count). The average Bonchev–Trinajstić information content (AvgIpc) is 3.72. The van der Waals surface area contributed by atoms with Crippen molar-refractivity contribution < 1.29 is 0 Å². The molecule has 0 fully saturated rings. The van der Waals surface area contributed by atoms with E-state index in [0.717, 1.165) is 63.6 Å². The van der Waals surface area contributed by atoms with E-state index < -0.39 is 0 Å². The first kappa shape index (κ1) is 40.8. The van der Waals surface area contributed by atoms with Crippen molar-refractivity contribution >= 4 is 34.4 Å². The molecular weight excluding hydrogens is 799 g/mol. The highest BCUT2D eigenvalue weighted by atomic mass is 32.2. The molecule has 7 unspecified atom stereocenters. The summed E-state index contributed by atoms with van der Waals surface area (Å²) in [5.74, 6) is 2.61. The predicted octanol–water partition coefficient (Wildman–Crippen LogP) is 12.9. The SMILES string of the molecule is N/C(=N\N(CC1=CC(c2ccc(NC3=CC(c4ccc5c(c4)SC4C=CC=CC54)=C4C=CCCC4C3)c(C3=CC=CCC3)c2)C2C=CC=CC2C1)CC1C=CC=CN1)C1=CCCC=C1. The zero-order valence-electron chi connectivity index (χ0n) is 36.7. The van der Waals surface area contributed by atoms with Gasteiger partial charge in [0.15, 0.2) is 0 Å². The normalized spacial score (nSPS) is 28.4. The molecule has 5 nitrogen and oxygen atoms in total. The number of hydrogen-bond acceptors (Lipinski definition) is 5. The summed E-state index contributed by atoms with van der Waals surface area (Å²) >= 11 is 2.02. The van der Waals surface area contributed by atoms with Crippen LogP contribution >= 0.6 is 11.8 Å². The molecule has 0 saturated carbocycles. The van der Waals surface area contributed by atoms with Gasteiger partial charge < -0.3 is 16.4 Å². The van der Waals surface area contributed by atoms with Crippen molar-refractivity contribution in [2.75, 3.05) is 18.4 Å². The molecular formula is C58H59N5S. The van der Waals surface area contributed by atoms with E-state index in [2.05, 4.69) is 174 Å². The third-order valence-corrected chi connectivity index (χ3v) is 15.8. The number of anilines is 1. The van der Waals surface area contributed by atoms with Crippen LogP contribution in [0.1, 0.15) is 85.5 Å². The van der Waals surface area contributed by atoms with E-state index in [4.69, 9.17) is 10.8 Å². The molecule has 2 heterocycles. The van der Waals surface area contributed by atoms with Crippen LogP contribution < -0.4 is 16.4 Å². The van der Waals surface area contributed by atoms with Gasteiger partial charge in [0, 0.05) is 44.5 Å². The molecule has 322 valence electrons. The first-order valence-electron chi connectivity index (χ1n) is 23.7. The first-order chi connectivity index (χ1) is 31.6. The number of dihydropyridines is 1. The Hall–Kier alpha value is -5.98. The maximum absolute atomic E-state index is 6.73. The number of thioether (sulfide) groups is 1. The number of fused-ring (bicyclic) bond motifs is 5. The van der Waals surface area contributed by atoms with Gasteiger partial charge in [0.1, 0.15) is 5.84 Å². The topological polar surface area (TPSA) is 65.7 Å². The molecule has 9 aliphatic rings. The fourth-order valence-corrected chi connectivity index (χ4v) is 12.6. The number of hydrazone groups is 1. The Labute approximate surface area is 384 Å². The number of nitrogens with two attached hydrogens (primary N) is 1. The highest BCUT2D eigenvalue weighted by Gasteiger charge is 2.35. The Morgan fingerprint density at radius 3 is 2.64 bits per heavy atom. The highest BCUT2D eigenvalue weighted by Crippen LogP contribution is 2.50. The third kappa shape index (κ3) is 8.53. The highest BCUT2D eigenvalue weighted by molar-refractivity contribution is 8.00. The van der Waals surface area contributed by atoms with Crippen LogP contribution in [0.3, 0.4) is 0 Å². The van der Waals surface area contributed by atoms with Gasteiger partial charge in [0.05, 0.1) is 19.1 Å². The maximum atomic E-state index is 6.73. The van der Waals surface area contributed by atoms with Crippen molar-refractivity contribution in [3.05, 3.63) is 215 Å². The molecule has 64 heavy (non-hydrogen) atoms. The first-order valence-corrected chi connectivity index (χ1v) is 24.6. The van der Waals surface area contributed by atoms with E-state index in [9.17, 15) is 0 Å². The Bertz CT molecular complexity index is 2660. The molecule has 0 spiro atoms. The van der Waals surface area contributed by atoms with Crippen LogP contribution in [0.2, 0.25) is 0 Å². The summed E-state index contributed by atoms with van der Waals surface area (Å²) in [7, 11) is 0. The summed E-state index contributed by atoms with van der Waals surface area (Å²) in [6, 6.07) is 14.7. The molecule has 2 aromatic rings. The lowest BCUT2D eigenvalue weighted by Gasteiger charge is -2.37. The van der Waals surface area contributed by atoms with Crippen LogP contribution in [-0.4, -0.2) is 35.2 Å². The molecule has 0 bridgehead atoms. The minimum atomic E-state index is 0.155. The molecule has 7 atom stereocenters. The second-order valence-electron chi connectivity index (χ2n) is 18.7. The number of allylic oxidation sites excluding steroid dienone is 22. The van der Waals surface area contributed by atoms with Crippen molar-refractivity contribution in [3.8, 4) is 0 Å². The van der Waals surface area contributed by atoms with Gasteiger partial charge in [-0.05, 0) is 139 Å². The largest absolute Gasteiger partial charge is 0.383 e. The van der Waals surface area contributed by atoms with Gasteiger partial charge in [-0.3, -0.25) is 5.01 Å². The lowest BCUT2D eigenvalue weighted by Crippen LogP contribution is -2.39. The molecule has 7 aliphatic carbocycles. The number of nitrogens with one attached hydrogen (secondary N) is 2. The fraction of sp³-hybridized carbons (Fsp3) is 0.293. The molecule has 0 saturated heterocycles. The number of amidine groups is 1. The van der Waals surface area contributed by atoms with Crippen molar-refractivity contribution in [1.82, 2.24) is 10.3 Å². The maximum Gasteiger partial charge on any atom is 0.150 e. The summed E-state index contributed by atoms with van der Waals surface area (Å²) in [4.78, 5) is 1.43. The molecule has 0 aromatic heterocycles. The zero-order valence-corrected chi connectivity index (χ0v) is 37.5. The molecule has 2 aromatic carbocycles. The number of hydrogen-bond donors (Lipinski definition) is 3. The Kier molecular flexibility index (Phi) is 11.6. The van der Waals surface area contributed by atoms with Crippen LogP contribution in [0.15, 0.2) is 203 Å². The number of benzene rings is 2. The van der Waals surface area contributed by atoms with E-state index in [1.165, 1.54) is 67.2 Å². The van der Waals surface area contributed by atoms with Crippen LogP contribution in [0.5, 0.6) is 0 Å². The summed E-state index contributed by atoms with van der Waals surface area (Å²) in [5.41, 5.74) is 21.5. The van der Waals surface area contributed by atoms with Gasteiger partial charge in [-0.25, -0.2) is 0 Å². The summed E-state index contributed by atoms with van der Waals surface area (Å²) in [6.45, 7) is 1.46. The van der Waals surface area contributed by atoms with E-state index in [1.54, 1.807) is 0 Å². The predicted molar refractivity (Wildman–Crippen MR) is 271 cm³/mol. The summed E-state index contributed by atoms with van der Waals surface area (Å²) < 4.78 is 0. The van der Waals surface area contributed by atoms with Crippen molar-refractivity contribution in [3.63, 3.8) is 0 Å². The van der Waals surface area contributed by atoms with Crippen LogP contribution in [0.4, 0.5) is 5.69 Å². The van der Waals surface area contributed by atoms with Crippen LogP contribution in [0, 0.1) is 17.8 Å². The Morgan fingerprint density at radius 1 is 0.844 bits per heavy atom. The van der Waals surface area contributed by atoms with E-state index in [0.29, 0.717) is 34.8 Å². The molecule has 6 heteroatoms. The summed E-state index contributed by atoms with van der Waals surface area (Å²) in [5, 5.41) is 15.4. The monoisotopic (exact) mass is 857 g/mol. The van der Waals surface area contributed by atoms with Gasteiger partial charge in [-0.2, -0.15) is 5.10 Å². The molecule has 0 radical (unpaired) electrons. The van der Waals surface area contributed by atoms with E-state index in [-0.39, 0.29) is 12.0 Å². The quantitative estimate of drug-likeness (QED) is 0.0909. The standard InChI is InChI=1S/C58H59N5S/c59-58(41-17-5-2-6-18-41)62-63(38-46-21-13-14-30-60-46)37-39-31-42-19-7-9-22-48(42)52(32-39)44-27-29-55(54(34-44)40-15-3-1-4-16-40)61-47-33-43-20-8-10-23-49(43)53(36-47)45-26-28-51-50-24-11-12-25-56(50)64-57(51)35-45/h1,3,5,7,9-15,17-19,21-30,32,34-36,42-43,46,48,50,52,56,60-61H,2,4,6,8,16,20,31,33,37-38H2,(H2,59,62). The average molecular weight is 858 g/mol. The lowest BCUT2D eigenvalue weighted by molar-refractivity contribution is 0.281. The Balaban J connectivity index is 0.923. The summed E-state index contributed by atoms with van der Waals surface area (Å²) in [6.07, 6.45) is 58.7. The zero-order chi connectivity index (χ0) is 42.8. The van der Waals surface area contributed by atoms with Gasteiger partial charge in [-0.15, -0.1) is 11.8 Å². The smallest absolute Gasteiger partial charge is 0.150 e.